The fraction of sp³-hybridized carbons (Fsp3) is 0.500. The molecule has 2 N–H and O–H groups in total. The Morgan fingerprint density at radius 2 is 1.93 bits per heavy atom. The van der Waals surface area contributed by atoms with Gasteiger partial charge in [-0.05, 0) is 50.5 Å². The highest BCUT2D eigenvalue weighted by molar-refractivity contribution is 5.21. The first-order valence-electron chi connectivity index (χ1n) is 5.32. The number of benzene rings is 1. The van der Waals surface area contributed by atoms with Gasteiger partial charge in [-0.15, -0.1) is 0 Å². The lowest BCUT2D eigenvalue weighted by atomic mass is 10.1. The van der Waals surface area contributed by atoms with E-state index in [1.54, 1.807) is 12.1 Å². The van der Waals surface area contributed by atoms with Gasteiger partial charge in [0.25, 0.3) is 0 Å². The van der Waals surface area contributed by atoms with E-state index < -0.39 is 0 Å². The Labute approximate surface area is 90.2 Å². The molecule has 3 heteroatoms. The second kappa shape index (κ2) is 6.40. The van der Waals surface area contributed by atoms with E-state index in [0.717, 1.165) is 25.0 Å². The van der Waals surface area contributed by atoms with Crippen LogP contribution < -0.4 is 10.5 Å². The maximum Gasteiger partial charge on any atom is 0.123 e. The molecule has 0 bridgehead atoms. The van der Waals surface area contributed by atoms with Crippen LogP contribution in [-0.2, 0) is 0 Å². The average Bonchev–Trinajstić information content (AvgIpc) is 2.20. The largest absolute Gasteiger partial charge is 0.494 e. The lowest BCUT2D eigenvalue weighted by Crippen LogP contribution is -2.14. The number of hydrogen-bond acceptors (Lipinski definition) is 2. The van der Waals surface area contributed by atoms with Crippen molar-refractivity contribution in [3.8, 4) is 5.75 Å². The molecule has 0 aliphatic rings. The Hall–Kier alpha value is -1.09. The van der Waals surface area contributed by atoms with Gasteiger partial charge in [-0.25, -0.2) is 4.39 Å². The summed E-state index contributed by atoms with van der Waals surface area (Å²) in [4.78, 5) is 0. The third kappa shape index (κ3) is 5.37. The molecule has 15 heavy (non-hydrogen) atoms. The quantitative estimate of drug-likeness (QED) is 0.734. The maximum atomic E-state index is 12.5. The van der Waals surface area contributed by atoms with Crippen LogP contribution in [0.15, 0.2) is 24.3 Å². The molecule has 0 aliphatic carbocycles. The van der Waals surface area contributed by atoms with Crippen molar-refractivity contribution < 1.29 is 9.13 Å². The lowest BCUT2D eigenvalue weighted by molar-refractivity contribution is 0.303. The fourth-order valence-electron chi connectivity index (χ4n) is 1.29. The highest BCUT2D eigenvalue weighted by Gasteiger charge is 1.96. The molecular formula is C12H18FNO. The number of halogens is 1. The summed E-state index contributed by atoms with van der Waals surface area (Å²) in [5.41, 5.74) is 5.62. The van der Waals surface area contributed by atoms with Gasteiger partial charge >= 0.3 is 0 Å². The Balaban J connectivity index is 2.12. The van der Waals surface area contributed by atoms with Crippen molar-refractivity contribution in [2.45, 2.75) is 32.2 Å². The van der Waals surface area contributed by atoms with Crippen LogP contribution in [0.1, 0.15) is 26.2 Å². The fourth-order valence-corrected chi connectivity index (χ4v) is 1.29. The van der Waals surface area contributed by atoms with Gasteiger partial charge in [0.1, 0.15) is 11.6 Å². The molecule has 1 rings (SSSR count). The molecule has 0 radical (unpaired) electrons. The molecule has 0 saturated heterocycles. The van der Waals surface area contributed by atoms with E-state index >= 15 is 0 Å². The SMILES string of the molecule is CC(N)CCCCOc1ccc(F)cc1. The molecule has 2 nitrogen and oxygen atoms in total. The lowest BCUT2D eigenvalue weighted by Gasteiger charge is -2.07. The Kier molecular flexibility index (Phi) is 5.12. The second-order valence-corrected chi connectivity index (χ2v) is 3.78. The minimum atomic E-state index is -0.237. The number of ether oxygens (including phenoxy) is 1. The van der Waals surface area contributed by atoms with Crippen LogP contribution in [-0.4, -0.2) is 12.6 Å². The molecule has 1 unspecified atom stereocenters. The van der Waals surface area contributed by atoms with Crippen molar-refractivity contribution in [2.75, 3.05) is 6.61 Å². The summed E-state index contributed by atoms with van der Waals surface area (Å²) in [6.45, 7) is 2.67. The highest BCUT2D eigenvalue weighted by atomic mass is 19.1. The van der Waals surface area contributed by atoms with E-state index in [2.05, 4.69) is 0 Å². The summed E-state index contributed by atoms with van der Waals surface area (Å²) in [5, 5.41) is 0. The summed E-state index contributed by atoms with van der Waals surface area (Å²) < 4.78 is 18.0. The molecule has 0 aliphatic heterocycles. The van der Waals surface area contributed by atoms with Crippen LogP contribution in [0, 0.1) is 5.82 Å². The molecule has 0 amide bonds. The standard InChI is InChI=1S/C12H18FNO/c1-10(14)4-2-3-9-15-12-7-5-11(13)6-8-12/h5-8,10H,2-4,9,14H2,1H3. The molecule has 1 aromatic rings. The van der Waals surface area contributed by atoms with Crippen LogP contribution in [0.4, 0.5) is 4.39 Å². The maximum absolute atomic E-state index is 12.5. The molecule has 0 saturated carbocycles. The first-order chi connectivity index (χ1) is 7.18. The Morgan fingerprint density at radius 3 is 2.53 bits per heavy atom. The topological polar surface area (TPSA) is 35.2 Å². The van der Waals surface area contributed by atoms with E-state index in [1.165, 1.54) is 12.1 Å². The van der Waals surface area contributed by atoms with Crippen LogP contribution in [0.5, 0.6) is 5.75 Å². The number of unbranched alkanes of at least 4 members (excludes halogenated alkanes) is 1. The monoisotopic (exact) mass is 211 g/mol. The molecular weight excluding hydrogens is 193 g/mol. The van der Waals surface area contributed by atoms with Gasteiger partial charge in [0.2, 0.25) is 0 Å². The second-order valence-electron chi connectivity index (χ2n) is 3.78. The van der Waals surface area contributed by atoms with Gasteiger partial charge < -0.3 is 10.5 Å². The predicted octanol–water partition coefficient (Wildman–Crippen LogP) is 2.72. The van der Waals surface area contributed by atoms with Gasteiger partial charge in [0, 0.05) is 6.04 Å². The van der Waals surface area contributed by atoms with Crippen LogP contribution in [0.25, 0.3) is 0 Å². The van der Waals surface area contributed by atoms with Crippen molar-refractivity contribution in [2.24, 2.45) is 5.73 Å². The highest BCUT2D eigenvalue weighted by Crippen LogP contribution is 2.11. The summed E-state index contributed by atoms with van der Waals surface area (Å²) in [6, 6.07) is 6.34. The minimum Gasteiger partial charge on any atom is -0.494 e. The van der Waals surface area contributed by atoms with Crippen LogP contribution >= 0.6 is 0 Å². The molecule has 84 valence electrons. The van der Waals surface area contributed by atoms with Crippen molar-refractivity contribution in [1.82, 2.24) is 0 Å². The Bertz CT molecular complexity index is 271. The van der Waals surface area contributed by atoms with E-state index in [-0.39, 0.29) is 11.9 Å². The zero-order valence-electron chi connectivity index (χ0n) is 9.08. The average molecular weight is 211 g/mol. The van der Waals surface area contributed by atoms with Gasteiger partial charge in [-0.1, -0.05) is 0 Å². The van der Waals surface area contributed by atoms with Crippen LogP contribution in [0.2, 0.25) is 0 Å². The Morgan fingerprint density at radius 1 is 1.27 bits per heavy atom. The predicted molar refractivity (Wildman–Crippen MR) is 59.4 cm³/mol. The van der Waals surface area contributed by atoms with Gasteiger partial charge in [0.05, 0.1) is 6.61 Å². The zero-order valence-corrected chi connectivity index (χ0v) is 9.08. The number of hydrogen-bond donors (Lipinski definition) is 1. The molecule has 1 aromatic carbocycles. The van der Waals surface area contributed by atoms with Crippen molar-refractivity contribution >= 4 is 0 Å². The van der Waals surface area contributed by atoms with Gasteiger partial charge in [-0.2, -0.15) is 0 Å². The molecule has 0 spiro atoms. The van der Waals surface area contributed by atoms with Gasteiger partial charge in [-0.3, -0.25) is 0 Å². The number of rotatable bonds is 6. The van der Waals surface area contributed by atoms with E-state index in [9.17, 15) is 4.39 Å². The summed E-state index contributed by atoms with van der Waals surface area (Å²) in [6.07, 6.45) is 3.07. The van der Waals surface area contributed by atoms with E-state index in [4.69, 9.17) is 10.5 Å². The van der Waals surface area contributed by atoms with Crippen molar-refractivity contribution in [1.29, 1.82) is 0 Å². The molecule has 0 heterocycles. The molecule has 0 aromatic heterocycles. The third-order valence-electron chi connectivity index (χ3n) is 2.14. The normalized spacial score (nSPS) is 12.5. The van der Waals surface area contributed by atoms with Crippen LogP contribution in [0.3, 0.4) is 0 Å². The first-order valence-corrected chi connectivity index (χ1v) is 5.32. The smallest absolute Gasteiger partial charge is 0.123 e. The van der Waals surface area contributed by atoms with E-state index in [0.29, 0.717) is 6.61 Å². The van der Waals surface area contributed by atoms with Crippen molar-refractivity contribution in [3.05, 3.63) is 30.1 Å². The molecule has 0 fully saturated rings. The summed E-state index contributed by atoms with van der Waals surface area (Å²) in [7, 11) is 0. The number of nitrogens with two attached hydrogens (primary N) is 1. The minimum absolute atomic E-state index is 0.237. The zero-order chi connectivity index (χ0) is 11.1. The van der Waals surface area contributed by atoms with Crippen molar-refractivity contribution in [3.63, 3.8) is 0 Å². The van der Waals surface area contributed by atoms with E-state index in [1.807, 2.05) is 6.92 Å². The first kappa shape index (κ1) is 12.0. The summed E-state index contributed by atoms with van der Waals surface area (Å²) in [5.74, 6) is 0.483. The third-order valence-corrected chi connectivity index (χ3v) is 2.14. The molecule has 1 atom stereocenters. The summed E-state index contributed by atoms with van der Waals surface area (Å²) >= 11 is 0. The van der Waals surface area contributed by atoms with Gasteiger partial charge in [0.15, 0.2) is 0 Å².